The molecule has 0 aromatic heterocycles. The molecule has 2 rings (SSSR count). The average molecular weight is 375 g/mol. The van der Waals surface area contributed by atoms with Gasteiger partial charge < -0.3 is 21.3 Å². The molecule has 0 bridgehead atoms. The third kappa shape index (κ3) is 6.19. The largest absolute Gasteiger partial charge is 0.352 e. The monoisotopic (exact) mass is 374 g/mol. The van der Waals surface area contributed by atoms with Crippen LogP contribution in [0.15, 0.2) is 18.2 Å². The summed E-state index contributed by atoms with van der Waals surface area (Å²) in [5, 5.41) is 11.9. The number of anilines is 1. The number of halogens is 2. The van der Waals surface area contributed by atoms with Crippen molar-refractivity contribution < 1.29 is 9.59 Å². The molecule has 24 heavy (non-hydrogen) atoms. The molecule has 6 nitrogen and oxygen atoms in total. The minimum absolute atomic E-state index is 0. The molecule has 1 saturated heterocycles. The van der Waals surface area contributed by atoms with E-state index in [1.807, 2.05) is 20.8 Å². The van der Waals surface area contributed by atoms with E-state index in [-0.39, 0.29) is 29.9 Å². The lowest BCUT2D eigenvalue weighted by molar-refractivity contribution is 0.0942. The maximum absolute atomic E-state index is 12.2. The Morgan fingerprint density at radius 1 is 1.29 bits per heavy atom. The molecular formula is C16H24Cl2N4O2. The molecule has 1 fully saturated rings. The Morgan fingerprint density at radius 2 is 1.96 bits per heavy atom. The van der Waals surface area contributed by atoms with Crippen molar-refractivity contribution in [2.45, 2.75) is 26.3 Å². The first-order chi connectivity index (χ1) is 10.7. The number of amides is 3. The SMILES string of the molecule is CC(C)(C)NC(=O)Nc1ccc(Cl)c(C(=O)NCC2CNC2)c1.Cl. The van der Waals surface area contributed by atoms with Crippen LogP contribution in [-0.4, -0.2) is 37.1 Å². The average Bonchev–Trinajstić information content (AvgIpc) is 2.36. The highest BCUT2D eigenvalue weighted by Gasteiger charge is 2.19. The van der Waals surface area contributed by atoms with Crippen molar-refractivity contribution in [3.63, 3.8) is 0 Å². The number of nitrogens with one attached hydrogen (secondary N) is 4. The second-order valence-corrected chi connectivity index (χ2v) is 7.17. The van der Waals surface area contributed by atoms with Crippen molar-refractivity contribution in [3.8, 4) is 0 Å². The highest BCUT2D eigenvalue weighted by atomic mass is 35.5. The summed E-state index contributed by atoms with van der Waals surface area (Å²) in [6, 6.07) is 4.52. The summed E-state index contributed by atoms with van der Waals surface area (Å²) in [4.78, 5) is 24.1. The number of hydrogen-bond acceptors (Lipinski definition) is 3. The first kappa shape index (κ1) is 20.5. The topological polar surface area (TPSA) is 82.3 Å². The fourth-order valence-corrected chi connectivity index (χ4v) is 2.31. The Kier molecular flexibility index (Phi) is 7.32. The molecule has 0 aliphatic carbocycles. The third-order valence-electron chi connectivity index (χ3n) is 3.37. The van der Waals surface area contributed by atoms with Crippen LogP contribution >= 0.6 is 24.0 Å². The second kappa shape index (κ2) is 8.55. The lowest BCUT2D eigenvalue weighted by Gasteiger charge is -2.27. The number of rotatable bonds is 4. The highest BCUT2D eigenvalue weighted by Crippen LogP contribution is 2.21. The summed E-state index contributed by atoms with van der Waals surface area (Å²) in [7, 11) is 0. The van der Waals surface area contributed by atoms with Crippen molar-refractivity contribution in [1.29, 1.82) is 0 Å². The van der Waals surface area contributed by atoms with Crippen LogP contribution < -0.4 is 21.3 Å². The van der Waals surface area contributed by atoms with E-state index < -0.39 is 0 Å². The fraction of sp³-hybridized carbons (Fsp3) is 0.500. The molecule has 1 heterocycles. The van der Waals surface area contributed by atoms with Crippen LogP contribution in [0.4, 0.5) is 10.5 Å². The van der Waals surface area contributed by atoms with Gasteiger partial charge in [-0.2, -0.15) is 0 Å². The van der Waals surface area contributed by atoms with Gasteiger partial charge in [0.25, 0.3) is 5.91 Å². The first-order valence-electron chi connectivity index (χ1n) is 7.62. The summed E-state index contributed by atoms with van der Waals surface area (Å²) in [6.45, 7) is 8.13. The first-order valence-corrected chi connectivity index (χ1v) is 8.00. The van der Waals surface area contributed by atoms with Crippen molar-refractivity contribution in [1.82, 2.24) is 16.0 Å². The second-order valence-electron chi connectivity index (χ2n) is 6.76. The van der Waals surface area contributed by atoms with Gasteiger partial charge >= 0.3 is 6.03 Å². The Hall–Kier alpha value is -1.50. The van der Waals surface area contributed by atoms with Crippen LogP contribution in [0.2, 0.25) is 5.02 Å². The number of hydrogen-bond donors (Lipinski definition) is 4. The third-order valence-corrected chi connectivity index (χ3v) is 3.70. The van der Waals surface area contributed by atoms with Crippen LogP contribution in [0.3, 0.4) is 0 Å². The predicted octanol–water partition coefficient (Wildman–Crippen LogP) is 2.63. The van der Waals surface area contributed by atoms with Gasteiger partial charge in [0, 0.05) is 36.8 Å². The summed E-state index contributed by atoms with van der Waals surface area (Å²) in [5.41, 5.74) is 0.534. The molecule has 0 atom stereocenters. The lowest BCUT2D eigenvalue weighted by Crippen LogP contribution is -2.48. The maximum atomic E-state index is 12.2. The molecule has 0 saturated carbocycles. The maximum Gasteiger partial charge on any atom is 0.319 e. The van der Waals surface area contributed by atoms with Crippen LogP contribution in [0.25, 0.3) is 0 Å². The van der Waals surface area contributed by atoms with Gasteiger partial charge in [0.15, 0.2) is 0 Å². The predicted molar refractivity (Wildman–Crippen MR) is 99.3 cm³/mol. The molecule has 0 spiro atoms. The van der Waals surface area contributed by atoms with Gasteiger partial charge in [-0.25, -0.2) is 4.79 Å². The van der Waals surface area contributed by atoms with E-state index in [0.717, 1.165) is 13.1 Å². The quantitative estimate of drug-likeness (QED) is 0.653. The summed E-state index contributed by atoms with van der Waals surface area (Å²) in [6.07, 6.45) is 0. The molecule has 3 amide bonds. The zero-order valence-electron chi connectivity index (χ0n) is 14.0. The molecule has 0 radical (unpaired) electrons. The van der Waals surface area contributed by atoms with Crippen molar-refractivity contribution in [2.75, 3.05) is 25.0 Å². The van der Waals surface area contributed by atoms with Crippen LogP contribution in [0.5, 0.6) is 0 Å². The summed E-state index contributed by atoms with van der Waals surface area (Å²) in [5.74, 6) is 0.235. The van der Waals surface area contributed by atoms with Gasteiger partial charge in [0.1, 0.15) is 0 Å². The van der Waals surface area contributed by atoms with E-state index in [0.29, 0.717) is 28.7 Å². The molecule has 1 aliphatic rings. The molecule has 1 aliphatic heterocycles. The minimum atomic E-state index is -0.340. The van der Waals surface area contributed by atoms with Crippen molar-refractivity contribution in [3.05, 3.63) is 28.8 Å². The van der Waals surface area contributed by atoms with Gasteiger partial charge in [0.05, 0.1) is 10.6 Å². The van der Waals surface area contributed by atoms with Gasteiger partial charge in [0.2, 0.25) is 0 Å². The Balaban J connectivity index is 0.00000288. The Morgan fingerprint density at radius 3 is 2.50 bits per heavy atom. The molecule has 4 N–H and O–H groups in total. The van der Waals surface area contributed by atoms with E-state index in [2.05, 4.69) is 21.3 Å². The zero-order chi connectivity index (χ0) is 17.0. The number of benzene rings is 1. The smallest absolute Gasteiger partial charge is 0.319 e. The normalized spacial score (nSPS) is 14.2. The van der Waals surface area contributed by atoms with E-state index in [1.165, 1.54) is 0 Å². The fourth-order valence-electron chi connectivity index (χ4n) is 2.11. The van der Waals surface area contributed by atoms with Crippen LogP contribution in [0, 0.1) is 5.92 Å². The van der Waals surface area contributed by atoms with Crippen LogP contribution in [-0.2, 0) is 0 Å². The molecule has 0 unspecified atom stereocenters. The lowest BCUT2D eigenvalue weighted by atomic mass is 10.0. The standard InChI is InChI=1S/C16H23ClN4O2.ClH/c1-16(2,3)21-15(23)20-11-4-5-13(17)12(6-11)14(22)19-9-10-7-18-8-10;/h4-6,10,18H,7-9H2,1-3H3,(H,19,22)(H2,20,21,23);1H. The molecule has 1 aromatic carbocycles. The van der Waals surface area contributed by atoms with E-state index in [4.69, 9.17) is 11.6 Å². The van der Waals surface area contributed by atoms with Crippen LogP contribution in [0.1, 0.15) is 31.1 Å². The molecule has 134 valence electrons. The van der Waals surface area contributed by atoms with Gasteiger partial charge in [-0.1, -0.05) is 11.6 Å². The Bertz CT molecular complexity index is 598. The van der Waals surface area contributed by atoms with E-state index in [9.17, 15) is 9.59 Å². The summed E-state index contributed by atoms with van der Waals surface area (Å²) < 4.78 is 0. The summed E-state index contributed by atoms with van der Waals surface area (Å²) >= 11 is 6.10. The number of urea groups is 1. The van der Waals surface area contributed by atoms with Crippen molar-refractivity contribution >= 4 is 41.6 Å². The van der Waals surface area contributed by atoms with E-state index >= 15 is 0 Å². The van der Waals surface area contributed by atoms with Gasteiger partial charge in [-0.3, -0.25) is 4.79 Å². The Labute approximate surface area is 153 Å². The molecular weight excluding hydrogens is 351 g/mol. The van der Waals surface area contributed by atoms with Crippen molar-refractivity contribution in [2.24, 2.45) is 5.92 Å². The zero-order valence-corrected chi connectivity index (χ0v) is 15.6. The number of carbonyl (C=O) groups is 2. The molecule has 8 heteroatoms. The number of carbonyl (C=O) groups excluding carboxylic acids is 2. The van der Waals surface area contributed by atoms with Gasteiger partial charge in [-0.05, 0) is 39.0 Å². The minimum Gasteiger partial charge on any atom is -0.352 e. The van der Waals surface area contributed by atoms with E-state index in [1.54, 1.807) is 18.2 Å². The molecule has 1 aromatic rings. The highest BCUT2D eigenvalue weighted by molar-refractivity contribution is 6.34. The van der Waals surface area contributed by atoms with Gasteiger partial charge in [-0.15, -0.1) is 12.4 Å².